The van der Waals surface area contributed by atoms with Crippen molar-refractivity contribution in [2.24, 2.45) is 5.14 Å². The zero-order valence-electron chi connectivity index (χ0n) is 9.57. The summed E-state index contributed by atoms with van der Waals surface area (Å²) in [6.45, 7) is -0.340. The van der Waals surface area contributed by atoms with Crippen molar-refractivity contribution in [3.63, 3.8) is 0 Å². The van der Waals surface area contributed by atoms with E-state index in [2.05, 4.69) is 4.72 Å². The van der Waals surface area contributed by atoms with Crippen LogP contribution in [0.5, 0.6) is 0 Å². The van der Waals surface area contributed by atoms with E-state index in [-0.39, 0.29) is 17.2 Å². The molecule has 11 heteroatoms. The largest absolute Gasteiger partial charge is 0.481 e. The Hall–Kier alpha value is -1.01. The zero-order chi connectivity index (χ0) is 14.7. The number of sulfonamides is 2. The Morgan fingerprint density at radius 3 is 2.47 bits per heavy atom. The SMILES string of the molecule is NS(=O)(=O)CCNS(=O)(=O)c1ccc(CC(=O)O)s1. The van der Waals surface area contributed by atoms with Crippen molar-refractivity contribution < 1.29 is 26.7 Å². The normalized spacial score (nSPS) is 12.5. The van der Waals surface area contributed by atoms with Gasteiger partial charge in [0.2, 0.25) is 20.0 Å². The maximum atomic E-state index is 11.7. The Kier molecular flexibility index (Phi) is 5.04. The number of aliphatic carboxylic acids is 1. The molecule has 1 heterocycles. The van der Waals surface area contributed by atoms with Crippen LogP contribution in [-0.2, 0) is 31.3 Å². The molecule has 0 aliphatic heterocycles. The molecule has 8 nitrogen and oxygen atoms in total. The van der Waals surface area contributed by atoms with Gasteiger partial charge < -0.3 is 5.11 Å². The van der Waals surface area contributed by atoms with E-state index in [1.807, 2.05) is 0 Å². The Balaban J connectivity index is 2.72. The lowest BCUT2D eigenvalue weighted by atomic mass is 10.3. The predicted molar refractivity (Wildman–Crippen MR) is 68.8 cm³/mol. The first-order valence-electron chi connectivity index (χ1n) is 4.91. The standard InChI is InChI=1S/C8H12N2O6S3/c9-18(13,14)4-3-10-19(15,16)8-2-1-6(17-8)5-7(11)12/h1-2,10H,3-5H2,(H,11,12)(H2,9,13,14). The molecule has 108 valence electrons. The lowest BCUT2D eigenvalue weighted by Gasteiger charge is -2.03. The number of hydrogen-bond acceptors (Lipinski definition) is 6. The second kappa shape index (κ2) is 5.96. The van der Waals surface area contributed by atoms with Crippen LogP contribution in [0, 0.1) is 0 Å². The van der Waals surface area contributed by atoms with Crippen molar-refractivity contribution in [2.75, 3.05) is 12.3 Å². The molecule has 0 fully saturated rings. The summed E-state index contributed by atoms with van der Waals surface area (Å²) < 4.78 is 46.8. The third kappa shape index (κ3) is 5.65. The molecule has 0 aromatic carbocycles. The van der Waals surface area contributed by atoms with E-state index in [9.17, 15) is 21.6 Å². The number of carboxylic acid groups (broad SMARTS) is 1. The zero-order valence-corrected chi connectivity index (χ0v) is 12.0. The van der Waals surface area contributed by atoms with Gasteiger partial charge in [0.05, 0.1) is 12.2 Å². The molecule has 0 saturated carbocycles. The van der Waals surface area contributed by atoms with E-state index in [4.69, 9.17) is 10.2 Å². The Labute approximate surface area is 114 Å². The first kappa shape index (κ1) is 16.0. The van der Waals surface area contributed by atoms with Gasteiger partial charge in [-0.2, -0.15) is 0 Å². The maximum Gasteiger partial charge on any atom is 0.308 e. The van der Waals surface area contributed by atoms with Gasteiger partial charge in [-0.15, -0.1) is 11.3 Å². The number of primary sulfonamides is 1. The molecule has 0 saturated heterocycles. The summed E-state index contributed by atoms with van der Waals surface area (Å²) in [6, 6.07) is 2.66. The van der Waals surface area contributed by atoms with E-state index in [0.29, 0.717) is 4.88 Å². The number of nitrogens with two attached hydrogens (primary N) is 1. The summed E-state index contributed by atoms with van der Waals surface area (Å²) in [4.78, 5) is 10.9. The van der Waals surface area contributed by atoms with E-state index >= 15 is 0 Å². The third-order valence-corrected chi connectivity index (χ3v) is 5.72. The fourth-order valence-corrected chi connectivity index (χ4v) is 4.08. The van der Waals surface area contributed by atoms with Crippen LogP contribution in [0.1, 0.15) is 4.88 Å². The van der Waals surface area contributed by atoms with Crippen molar-refractivity contribution in [3.8, 4) is 0 Å². The smallest absolute Gasteiger partial charge is 0.308 e. The molecular weight excluding hydrogens is 316 g/mol. The van der Waals surface area contributed by atoms with Crippen LogP contribution in [-0.4, -0.2) is 40.2 Å². The Morgan fingerprint density at radius 2 is 1.95 bits per heavy atom. The van der Waals surface area contributed by atoms with Gasteiger partial charge in [0.15, 0.2) is 0 Å². The number of thiophene rings is 1. The minimum atomic E-state index is -3.84. The van der Waals surface area contributed by atoms with E-state index in [1.165, 1.54) is 12.1 Å². The van der Waals surface area contributed by atoms with Crippen molar-refractivity contribution in [1.82, 2.24) is 4.72 Å². The number of rotatable bonds is 7. The molecule has 1 aromatic heterocycles. The van der Waals surface area contributed by atoms with Gasteiger partial charge in [-0.05, 0) is 12.1 Å². The van der Waals surface area contributed by atoms with Crippen LogP contribution >= 0.6 is 11.3 Å². The van der Waals surface area contributed by atoms with Gasteiger partial charge in [-0.3, -0.25) is 4.79 Å². The monoisotopic (exact) mass is 328 g/mol. The molecule has 0 spiro atoms. The van der Waals surface area contributed by atoms with Crippen LogP contribution < -0.4 is 9.86 Å². The highest BCUT2D eigenvalue weighted by atomic mass is 32.2. The molecule has 0 amide bonds. The van der Waals surface area contributed by atoms with Crippen molar-refractivity contribution in [1.29, 1.82) is 0 Å². The van der Waals surface area contributed by atoms with Crippen molar-refractivity contribution in [3.05, 3.63) is 17.0 Å². The number of carbonyl (C=O) groups is 1. The van der Waals surface area contributed by atoms with Gasteiger partial charge in [-0.1, -0.05) is 0 Å². The van der Waals surface area contributed by atoms with Crippen molar-refractivity contribution >= 4 is 37.4 Å². The van der Waals surface area contributed by atoms with E-state index < -0.39 is 31.8 Å². The van der Waals surface area contributed by atoms with Crippen LogP contribution in [0.15, 0.2) is 16.3 Å². The highest BCUT2D eigenvalue weighted by Gasteiger charge is 2.18. The highest BCUT2D eigenvalue weighted by Crippen LogP contribution is 2.21. The van der Waals surface area contributed by atoms with Gasteiger partial charge in [-0.25, -0.2) is 26.7 Å². The molecule has 1 rings (SSSR count). The van der Waals surface area contributed by atoms with E-state index in [1.54, 1.807) is 0 Å². The summed E-state index contributed by atoms with van der Waals surface area (Å²) in [6.07, 6.45) is -0.267. The molecule has 0 atom stereocenters. The fourth-order valence-electron chi connectivity index (χ4n) is 1.14. The van der Waals surface area contributed by atoms with Crippen LogP contribution in [0.25, 0.3) is 0 Å². The van der Waals surface area contributed by atoms with Gasteiger partial charge >= 0.3 is 5.97 Å². The molecule has 0 aliphatic carbocycles. The molecule has 4 N–H and O–H groups in total. The fraction of sp³-hybridized carbons (Fsp3) is 0.375. The molecule has 0 radical (unpaired) electrons. The molecule has 0 aliphatic rings. The summed E-state index contributed by atoms with van der Waals surface area (Å²) in [5.41, 5.74) is 0. The van der Waals surface area contributed by atoms with Gasteiger partial charge in [0.25, 0.3) is 0 Å². The second-order valence-corrected chi connectivity index (χ2v) is 8.45. The molecule has 0 bridgehead atoms. The van der Waals surface area contributed by atoms with Crippen LogP contribution in [0.2, 0.25) is 0 Å². The molecule has 0 unspecified atom stereocenters. The minimum absolute atomic E-state index is 0.0711. The van der Waals surface area contributed by atoms with Gasteiger partial charge in [0, 0.05) is 11.4 Å². The summed E-state index contributed by atoms with van der Waals surface area (Å²) in [5.74, 6) is -1.58. The highest BCUT2D eigenvalue weighted by molar-refractivity contribution is 7.91. The first-order valence-corrected chi connectivity index (χ1v) is 8.92. The maximum absolute atomic E-state index is 11.7. The molecular formula is C8H12N2O6S3. The van der Waals surface area contributed by atoms with E-state index in [0.717, 1.165) is 11.3 Å². The third-order valence-electron chi connectivity index (χ3n) is 1.91. The average molecular weight is 328 g/mol. The Morgan fingerprint density at radius 1 is 1.32 bits per heavy atom. The molecule has 1 aromatic rings. The quantitative estimate of drug-likeness (QED) is 0.582. The number of carboxylic acids is 1. The minimum Gasteiger partial charge on any atom is -0.481 e. The topological polar surface area (TPSA) is 144 Å². The lowest BCUT2D eigenvalue weighted by Crippen LogP contribution is -2.31. The average Bonchev–Trinajstić information content (AvgIpc) is 2.63. The summed E-state index contributed by atoms with van der Waals surface area (Å²) >= 11 is 0.814. The lowest BCUT2D eigenvalue weighted by molar-refractivity contribution is -0.136. The number of nitrogens with one attached hydrogen (secondary N) is 1. The van der Waals surface area contributed by atoms with Crippen LogP contribution in [0.4, 0.5) is 0 Å². The summed E-state index contributed by atoms with van der Waals surface area (Å²) in [7, 11) is -7.58. The predicted octanol–water partition coefficient (Wildman–Crippen LogP) is -1.06. The van der Waals surface area contributed by atoms with Crippen molar-refractivity contribution in [2.45, 2.75) is 10.6 Å². The summed E-state index contributed by atoms with van der Waals surface area (Å²) in [5, 5.41) is 13.3. The van der Waals surface area contributed by atoms with Crippen LogP contribution in [0.3, 0.4) is 0 Å². The number of hydrogen-bond donors (Lipinski definition) is 3. The Bertz CT molecular complexity index is 660. The first-order chi connectivity index (χ1) is 8.60. The molecule has 19 heavy (non-hydrogen) atoms. The second-order valence-electron chi connectivity index (χ2n) is 3.56. The van der Waals surface area contributed by atoms with Gasteiger partial charge in [0.1, 0.15) is 4.21 Å².